The second-order valence-electron chi connectivity index (χ2n) is 7.25. The molecular weight excluding hydrogens is 322 g/mol. The predicted molar refractivity (Wildman–Crippen MR) is 92.2 cm³/mol. The van der Waals surface area contributed by atoms with Crippen LogP contribution in [0.25, 0.3) is 0 Å². The predicted octanol–water partition coefficient (Wildman–Crippen LogP) is 3.11. The van der Waals surface area contributed by atoms with Gasteiger partial charge in [-0.25, -0.2) is 4.57 Å². The molecule has 1 aromatic carbocycles. The Balaban J connectivity index is 1.88. The number of ether oxygens (including phenoxy) is 2. The molecule has 0 saturated carbocycles. The summed E-state index contributed by atoms with van der Waals surface area (Å²) in [7, 11) is 0. The molecule has 1 saturated heterocycles. The first-order valence-electron chi connectivity index (χ1n) is 8.28. The zero-order valence-corrected chi connectivity index (χ0v) is 14.8. The number of hydrogen-bond acceptors (Lipinski definition) is 5. The van der Waals surface area contributed by atoms with Crippen LogP contribution < -0.4 is 0 Å². The van der Waals surface area contributed by atoms with E-state index in [-0.39, 0.29) is 5.95 Å². The monoisotopic (exact) mass is 345 g/mol. The number of benzene rings is 1. The maximum atomic E-state index is 11.2. The molecule has 0 radical (unpaired) electrons. The quantitative estimate of drug-likeness (QED) is 0.614. The van der Waals surface area contributed by atoms with Gasteiger partial charge in [-0.3, -0.25) is 0 Å². The van der Waals surface area contributed by atoms with Crippen LogP contribution in [-0.2, 0) is 22.4 Å². The Morgan fingerprint density at radius 3 is 2.48 bits per heavy atom. The Bertz CT molecular complexity index is 742. The van der Waals surface area contributed by atoms with Gasteiger partial charge in [-0.15, -0.1) is 0 Å². The third-order valence-electron chi connectivity index (χ3n) is 4.51. The van der Waals surface area contributed by atoms with Gasteiger partial charge in [0.25, 0.3) is 0 Å². The van der Waals surface area contributed by atoms with E-state index in [4.69, 9.17) is 9.47 Å². The van der Waals surface area contributed by atoms with E-state index in [1.54, 1.807) is 10.8 Å². The summed E-state index contributed by atoms with van der Waals surface area (Å²) < 4.78 is 13.4. The van der Waals surface area contributed by atoms with Crippen LogP contribution in [0.2, 0.25) is 0 Å². The van der Waals surface area contributed by atoms with Crippen LogP contribution in [0.1, 0.15) is 25.0 Å². The normalized spacial score (nSPS) is 18.8. The Hall–Kier alpha value is -2.25. The summed E-state index contributed by atoms with van der Waals surface area (Å²) in [4.78, 5) is 14.6. The first kappa shape index (κ1) is 17.6. The highest BCUT2D eigenvalue weighted by atomic mass is 16.7. The summed E-state index contributed by atoms with van der Waals surface area (Å²) in [5, 5.41) is 11.2. The summed E-state index contributed by atoms with van der Waals surface area (Å²) in [5.41, 5.74) is 1.96. The van der Waals surface area contributed by atoms with Crippen molar-refractivity contribution in [2.24, 2.45) is 5.41 Å². The van der Waals surface area contributed by atoms with Crippen LogP contribution in [-0.4, -0.2) is 33.5 Å². The Labute approximate surface area is 146 Å². The van der Waals surface area contributed by atoms with E-state index >= 15 is 0 Å². The van der Waals surface area contributed by atoms with Crippen LogP contribution in [0.4, 0.5) is 5.95 Å². The maximum absolute atomic E-state index is 11.2. The minimum absolute atomic E-state index is 0.159. The lowest BCUT2D eigenvalue weighted by molar-refractivity contribution is -0.397. The molecule has 0 spiro atoms. The summed E-state index contributed by atoms with van der Waals surface area (Å²) >= 11 is 0. The van der Waals surface area contributed by atoms with Crippen molar-refractivity contribution in [2.45, 2.75) is 39.5 Å². The molecule has 2 heterocycles. The molecule has 7 heteroatoms. The zero-order valence-electron chi connectivity index (χ0n) is 14.8. The van der Waals surface area contributed by atoms with Crippen molar-refractivity contribution >= 4 is 5.95 Å². The fraction of sp³-hybridized carbons (Fsp3) is 0.500. The van der Waals surface area contributed by atoms with Crippen molar-refractivity contribution in [3.63, 3.8) is 0 Å². The number of nitro groups is 1. The molecule has 1 aliphatic heterocycles. The van der Waals surface area contributed by atoms with Crippen LogP contribution in [0, 0.1) is 22.5 Å². The van der Waals surface area contributed by atoms with Crippen molar-refractivity contribution in [3.05, 3.63) is 57.9 Å². The van der Waals surface area contributed by atoms with E-state index < -0.39 is 16.1 Å². The maximum Gasteiger partial charge on any atom is 0.434 e. The molecule has 3 rings (SSSR count). The Kier molecular flexibility index (Phi) is 4.62. The third-order valence-corrected chi connectivity index (χ3v) is 4.51. The first-order chi connectivity index (χ1) is 11.8. The lowest BCUT2D eigenvalue weighted by Crippen LogP contribution is -2.49. The molecule has 2 aromatic rings. The van der Waals surface area contributed by atoms with E-state index in [1.165, 1.54) is 11.8 Å². The second kappa shape index (κ2) is 6.57. The van der Waals surface area contributed by atoms with E-state index in [1.807, 2.05) is 20.8 Å². The number of aromatic nitrogens is 2. The van der Waals surface area contributed by atoms with E-state index in [9.17, 15) is 10.1 Å². The van der Waals surface area contributed by atoms with Gasteiger partial charge in [-0.05, 0) is 37.7 Å². The average molecular weight is 345 g/mol. The Morgan fingerprint density at radius 2 is 1.88 bits per heavy atom. The van der Waals surface area contributed by atoms with E-state index in [0.29, 0.717) is 26.2 Å². The molecule has 25 heavy (non-hydrogen) atoms. The second-order valence-corrected chi connectivity index (χ2v) is 7.25. The fourth-order valence-electron chi connectivity index (χ4n) is 3.08. The molecule has 0 atom stereocenters. The van der Waals surface area contributed by atoms with Crippen molar-refractivity contribution in [1.29, 1.82) is 0 Å². The van der Waals surface area contributed by atoms with Gasteiger partial charge in [-0.1, -0.05) is 34.8 Å². The summed E-state index contributed by atoms with van der Waals surface area (Å²) in [6, 6.07) is 8.30. The molecule has 1 aromatic heterocycles. The highest BCUT2D eigenvalue weighted by molar-refractivity contribution is 5.23. The molecule has 1 aliphatic rings. The number of imidazole rings is 1. The van der Waals surface area contributed by atoms with Crippen LogP contribution in [0.15, 0.2) is 36.7 Å². The number of hydrogen-bond donors (Lipinski definition) is 0. The van der Waals surface area contributed by atoms with Gasteiger partial charge >= 0.3 is 5.95 Å². The number of nitrogens with zero attached hydrogens (tertiary/aromatic N) is 3. The molecule has 7 nitrogen and oxygen atoms in total. The molecule has 0 unspecified atom stereocenters. The van der Waals surface area contributed by atoms with Crippen LogP contribution in [0.5, 0.6) is 0 Å². The minimum atomic E-state index is -0.641. The van der Waals surface area contributed by atoms with Crippen molar-refractivity contribution < 1.29 is 14.4 Å². The summed E-state index contributed by atoms with van der Waals surface area (Å²) in [5.74, 6) is -0.800. The van der Waals surface area contributed by atoms with Gasteiger partial charge in [0.15, 0.2) is 5.79 Å². The molecule has 0 aliphatic carbocycles. The van der Waals surface area contributed by atoms with E-state index in [2.05, 4.69) is 29.2 Å². The molecule has 1 fully saturated rings. The zero-order chi connectivity index (χ0) is 18.1. The fourth-order valence-corrected chi connectivity index (χ4v) is 3.08. The van der Waals surface area contributed by atoms with Gasteiger partial charge in [-0.2, -0.15) is 0 Å². The van der Waals surface area contributed by atoms with Gasteiger partial charge in [0.1, 0.15) is 12.4 Å². The average Bonchev–Trinajstić information content (AvgIpc) is 3.01. The largest absolute Gasteiger partial charge is 0.434 e. The number of rotatable bonds is 5. The highest BCUT2D eigenvalue weighted by Gasteiger charge is 2.42. The third kappa shape index (κ3) is 4.05. The smallest absolute Gasteiger partial charge is 0.390 e. The summed E-state index contributed by atoms with van der Waals surface area (Å²) in [6.45, 7) is 7.13. The molecule has 0 amide bonds. The molecule has 0 bridgehead atoms. The topological polar surface area (TPSA) is 79.4 Å². The minimum Gasteiger partial charge on any atom is -0.390 e. The lowest BCUT2D eigenvalue weighted by Gasteiger charge is -2.43. The molecule has 0 N–H and O–H groups in total. The van der Waals surface area contributed by atoms with Crippen LogP contribution in [0.3, 0.4) is 0 Å². The van der Waals surface area contributed by atoms with Crippen molar-refractivity contribution in [2.75, 3.05) is 13.2 Å². The molecular formula is C18H23N3O4. The van der Waals surface area contributed by atoms with Gasteiger partial charge in [0.05, 0.1) is 25.2 Å². The van der Waals surface area contributed by atoms with E-state index in [0.717, 1.165) is 5.56 Å². The SMILES string of the molecule is Cc1ccc(CC2(Cn3ccnc3[N+](=O)[O-])COC(C)(C)OC2)cc1. The van der Waals surface area contributed by atoms with Crippen molar-refractivity contribution in [3.8, 4) is 0 Å². The van der Waals surface area contributed by atoms with Gasteiger partial charge < -0.3 is 19.6 Å². The van der Waals surface area contributed by atoms with Gasteiger partial charge in [0.2, 0.25) is 0 Å². The lowest BCUT2D eigenvalue weighted by atomic mass is 9.81. The molecule has 134 valence electrons. The highest BCUT2D eigenvalue weighted by Crippen LogP contribution is 2.35. The van der Waals surface area contributed by atoms with Gasteiger partial charge in [0, 0.05) is 0 Å². The van der Waals surface area contributed by atoms with Crippen LogP contribution >= 0.6 is 0 Å². The Morgan fingerprint density at radius 1 is 1.24 bits per heavy atom. The first-order valence-corrected chi connectivity index (χ1v) is 8.28. The summed E-state index contributed by atoms with van der Waals surface area (Å²) in [6.07, 6.45) is 3.79. The number of aryl methyl sites for hydroxylation is 1. The standard InChI is InChI=1S/C18H23N3O4/c1-14-4-6-15(7-5-14)10-18(12-24-17(2,3)25-13-18)11-20-9-8-19-16(20)21(22)23/h4-9H,10-13H2,1-3H3. The van der Waals surface area contributed by atoms with Crippen molar-refractivity contribution in [1.82, 2.24) is 9.55 Å².